The first kappa shape index (κ1) is 14.5. The quantitative estimate of drug-likeness (QED) is 0.801. The predicted molar refractivity (Wildman–Crippen MR) is 86.4 cm³/mol. The molecule has 0 atom stereocenters. The number of benzene rings is 1. The molecule has 6 nitrogen and oxygen atoms in total. The molecule has 0 unspecified atom stereocenters. The molecule has 7 heteroatoms. The monoisotopic (exact) mass is 316 g/mol. The van der Waals surface area contributed by atoms with Gasteiger partial charge in [-0.3, -0.25) is 5.32 Å². The number of nitrogens with zero attached hydrogens (tertiary/aromatic N) is 3. The zero-order chi connectivity index (χ0) is 15.7. The van der Waals surface area contributed by atoms with Gasteiger partial charge in [-0.2, -0.15) is 4.98 Å². The van der Waals surface area contributed by atoms with Gasteiger partial charge in [0.2, 0.25) is 4.96 Å². The molecule has 0 aliphatic rings. The smallest absolute Gasteiger partial charge is 0.414 e. The zero-order valence-electron chi connectivity index (χ0n) is 12.6. The largest absolute Gasteiger partial charge is 0.450 e. The first-order chi connectivity index (χ1) is 10.6. The second-order valence-corrected chi connectivity index (χ2v) is 5.75. The summed E-state index contributed by atoms with van der Waals surface area (Å²) in [5, 5.41) is 8.88. The second kappa shape index (κ2) is 5.76. The van der Waals surface area contributed by atoms with E-state index < -0.39 is 6.09 Å². The molecule has 0 saturated carbocycles. The number of carbonyl (C=O) groups excluding carboxylic acids is 1. The van der Waals surface area contributed by atoms with Crippen molar-refractivity contribution in [2.45, 2.75) is 20.8 Å². The molecule has 3 rings (SSSR count). The molecule has 22 heavy (non-hydrogen) atoms. The van der Waals surface area contributed by atoms with Gasteiger partial charge in [-0.05, 0) is 26.3 Å². The molecule has 0 radical (unpaired) electrons. The molecular weight excluding hydrogens is 300 g/mol. The van der Waals surface area contributed by atoms with Crippen LogP contribution in [0.5, 0.6) is 0 Å². The number of ether oxygens (including phenoxy) is 1. The number of hydrogen-bond acceptors (Lipinski definition) is 5. The Hall–Kier alpha value is -2.41. The SMILES string of the molecule is CCOC(=O)Nc1nc2scc(-c3ccc(C)cc3C)n2n1. The van der Waals surface area contributed by atoms with Crippen molar-refractivity contribution in [2.24, 2.45) is 0 Å². The zero-order valence-corrected chi connectivity index (χ0v) is 13.4. The summed E-state index contributed by atoms with van der Waals surface area (Å²) in [6.07, 6.45) is -0.547. The van der Waals surface area contributed by atoms with Crippen LogP contribution in [-0.4, -0.2) is 27.3 Å². The first-order valence-corrected chi connectivity index (χ1v) is 7.82. The van der Waals surface area contributed by atoms with Crippen molar-refractivity contribution in [1.29, 1.82) is 0 Å². The van der Waals surface area contributed by atoms with Gasteiger partial charge in [-0.25, -0.2) is 9.31 Å². The van der Waals surface area contributed by atoms with Gasteiger partial charge in [0.25, 0.3) is 5.95 Å². The van der Waals surface area contributed by atoms with E-state index in [2.05, 4.69) is 47.4 Å². The molecule has 0 aliphatic carbocycles. The van der Waals surface area contributed by atoms with Crippen LogP contribution in [0.15, 0.2) is 23.6 Å². The van der Waals surface area contributed by atoms with Crippen molar-refractivity contribution < 1.29 is 9.53 Å². The first-order valence-electron chi connectivity index (χ1n) is 6.94. The molecule has 1 N–H and O–H groups in total. The molecule has 1 amide bonds. The highest BCUT2D eigenvalue weighted by atomic mass is 32.1. The molecular formula is C15H16N4O2S. The van der Waals surface area contributed by atoms with Gasteiger partial charge in [0.05, 0.1) is 12.3 Å². The number of anilines is 1. The second-order valence-electron chi connectivity index (χ2n) is 4.91. The molecule has 0 fully saturated rings. The number of nitrogens with one attached hydrogen (secondary N) is 1. The van der Waals surface area contributed by atoms with E-state index in [0.29, 0.717) is 6.61 Å². The number of aromatic nitrogens is 3. The molecule has 2 aromatic heterocycles. The number of fused-ring (bicyclic) bond motifs is 1. The van der Waals surface area contributed by atoms with Crippen LogP contribution in [-0.2, 0) is 4.74 Å². The number of carbonyl (C=O) groups is 1. The minimum absolute atomic E-state index is 0.247. The Kier molecular flexibility index (Phi) is 3.81. The molecule has 3 aromatic rings. The Morgan fingerprint density at radius 2 is 2.23 bits per heavy atom. The van der Waals surface area contributed by atoms with Crippen molar-refractivity contribution in [2.75, 3.05) is 11.9 Å². The lowest BCUT2D eigenvalue weighted by Gasteiger charge is -2.05. The highest BCUT2D eigenvalue weighted by molar-refractivity contribution is 7.15. The summed E-state index contributed by atoms with van der Waals surface area (Å²) in [5.41, 5.74) is 4.46. The van der Waals surface area contributed by atoms with Crippen molar-refractivity contribution >= 4 is 28.3 Å². The van der Waals surface area contributed by atoms with Crippen LogP contribution in [0.3, 0.4) is 0 Å². The van der Waals surface area contributed by atoms with Gasteiger partial charge in [-0.15, -0.1) is 16.4 Å². The summed E-state index contributed by atoms with van der Waals surface area (Å²) >= 11 is 1.48. The highest BCUT2D eigenvalue weighted by Crippen LogP contribution is 2.28. The van der Waals surface area contributed by atoms with Crippen LogP contribution in [0.25, 0.3) is 16.2 Å². The van der Waals surface area contributed by atoms with Gasteiger partial charge in [-0.1, -0.05) is 23.8 Å². The Labute approximate surface area is 131 Å². The van der Waals surface area contributed by atoms with E-state index in [0.717, 1.165) is 16.2 Å². The van der Waals surface area contributed by atoms with Crippen LogP contribution in [0.4, 0.5) is 10.7 Å². The summed E-state index contributed by atoms with van der Waals surface area (Å²) < 4.78 is 6.57. The fourth-order valence-corrected chi connectivity index (χ4v) is 3.10. The van der Waals surface area contributed by atoms with Gasteiger partial charge in [0.15, 0.2) is 0 Å². The summed E-state index contributed by atoms with van der Waals surface area (Å²) in [6.45, 7) is 6.19. The maximum absolute atomic E-state index is 11.4. The average Bonchev–Trinajstić information content (AvgIpc) is 2.99. The molecule has 1 aromatic carbocycles. The van der Waals surface area contributed by atoms with E-state index >= 15 is 0 Å². The minimum atomic E-state index is -0.547. The Morgan fingerprint density at radius 3 is 2.95 bits per heavy atom. The third-order valence-corrected chi connectivity index (χ3v) is 4.04. The van der Waals surface area contributed by atoms with E-state index in [1.54, 1.807) is 11.4 Å². The molecule has 114 valence electrons. The standard InChI is InChI=1S/C15H16N4O2S/c1-4-21-15(20)17-13-16-14-19(18-13)12(8-22-14)11-6-5-9(2)7-10(11)3/h5-8H,4H2,1-3H3,(H,17,18,20). The highest BCUT2D eigenvalue weighted by Gasteiger charge is 2.14. The average molecular weight is 316 g/mol. The van der Waals surface area contributed by atoms with E-state index in [-0.39, 0.29) is 5.95 Å². The van der Waals surface area contributed by atoms with Crippen LogP contribution < -0.4 is 5.32 Å². The van der Waals surface area contributed by atoms with Crippen molar-refractivity contribution in [3.05, 3.63) is 34.7 Å². The van der Waals surface area contributed by atoms with Gasteiger partial charge in [0.1, 0.15) is 0 Å². The lowest BCUT2D eigenvalue weighted by Crippen LogP contribution is -2.14. The lowest BCUT2D eigenvalue weighted by atomic mass is 10.0. The van der Waals surface area contributed by atoms with Crippen LogP contribution in [0.2, 0.25) is 0 Å². The lowest BCUT2D eigenvalue weighted by molar-refractivity contribution is 0.167. The minimum Gasteiger partial charge on any atom is -0.450 e. The maximum Gasteiger partial charge on any atom is 0.414 e. The van der Waals surface area contributed by atoms with E-state index in [1.165, 1.54) is 22.5 Å². The topological polar surface area (TPSA) is 68.5 Å². The Morgan fingerprint density at radius 1 is 1.41 bits per heavy atom. The number of hydrogen-bond donors (Lipinski definition) is 1. The fourth-order valence-electron chi connectivity index (χ4n) is 2.28. The van der Waals surface area contributed by atoms with Crippen LogP contribution >= 0.6 is 11.3 Å². The molecule has 0 bridgehead atoms. The van der Waals surface area contributed by atoms with Crippen molar-refractivity contribution in [1.82, 2.24) is 14.6 Å². The van der Waals surface area contributed by atoms with Crippen LogP contribution in [0.1, 0.15) is 18.1 Å². The molecule has 0 aliphatic heterocycles. The van der Waals surface area contributed by atoms with Crippen molar-refractivity contribution in [3.63, 3.8) is 0 Å². The number of thiazole rings is 1. The van der Waals surface area contributed by atoms with Crippen molar-refractivity contribution in [3.8, 4) is 11.3 Å². The normalized spacial score (nSPS) is 10.9. The summed E-state index contributed by atoms with van der Waals surface area (Å²) in [6, 6.07) is 6.28. The Bertz CT molecular complexity index is 837. The summed E-state index contributed by atoms with van der Waals surface area (Å²) in [7, 11) is 0. The predicted octanol–water partition coefficient (Wildman–Crippen LogP) is 3.64. The van der Waals surface area contributed by atoms with E-state index in [1.807, 2.05) is 5.38 Å². The van der Waals surface area contributed by atoms with E-state index in [4.69, 9.17) is 4.74 Å². The van der Waals surface area contributed by atoms with E-state index in [9.17, 15) is 4.79 Å². The maximum atomic E-state index is 11.4. The number of amides is 1. The third kappa shape index (κ3) is 2.67. The molecule has 2 heterocycles. The molecule has 0 spiro atoms. The molecule has 0 saturated heterocycles. The number of aryl methyl sites for hydroxylation is 2. The third-order valence-electron chi connectivity index (χ3n) is 3.23. The van der Waals surface area contributed by atoms with Gasteiger partial charge in [0, 0.05) is 10.9 Å². The van der Waals surface area contributed by atoms with Gasteiger partial charge >= 0.3 is 6.09 Å². The van der Waals surface area contributed by atoms with Crippen LogP contribution in [0, 0.1) is 13.8 Å². The Balaban J connectivity index is 1.98. The summed E-state index contributed by atoms with van der Waals surface area (Å²) in [5.74, 6) is 0.247. The number of rotatable bonds is 3. The fraction of sp³-hybridized carbons (Fsp3) is 0.267. The van der Waals surface area contributed by atoms with Gasteiger partial charge < -0.3 is 4.74 Å². The summed E-state index contributed by atoms with van der Waals surface area (Å²) in [4.78, 5) is 16.4.